The van der Waals surface area contributed by atoms with Crippen LogP contribution < -0.4 is 28.3 Å². The second-order valence-electron chi connectivity index (χ2n) is 3.17. The monoisotopic (exact) mass is 300 g/mol. The third-order valence-corrected chi connectivity index (χ3v) is 2.60. The van der Waals surface area contributed by atoms with Crippen LogP contribution in [0.4, 0.5) is 0 Å². The summed E-state index contributed by atoms with van der Waals surface area (Å²) in [6, 6.07) is 8.20. The molecular formula is C12H10BrLiN2O2. The number of pyridine rings is 2. The molecule has 0 aliphatic rings. The molecule has 0 atom stereocenters. The smallest absolute Gasteiger partial charge is 0.493 e. The van der Waals surface area contributed by atoms with E-state index >= 15 is 0 Å². The largest absolute Gasteiger partial charge is 1.00 e. The van der Waals surface area contributed by atoms with E-state index in [1.54, 1.807) is 32.5 Å². The predicted octanol–water partition coefficient (Wildman–Crippen LogP) is -0.273. The van der Waals surface area contributed by atoms with Crippen LogP contribution in [0.1, 0.15) is 0 Å². The van der Waals surface area contributed by atoms with Crippen LogP contribution in [0.15, 0.2) is 29.0 Å². The van der Waals surface area contributed by atoms with Gasteiger partial charge in [0.15, 0.2) is 11.5 Å². The van der Waals surface area contributed by atoms with Crippen LogP contribution in [0, 0.1) is 6.07 Å². The maximum atomic E-state index is 5.32. The Morgan fingerprint density at radius 2 is 2.06 bits per heavy atom. The molecule has 0 aliphatic heterocycles. The molecule has 2 rings (SSSR count). The molecule has 18 heavy (non-hydrogen) atoms. The van der Waals surface area contributed by atoms with E-state index in [1.165, 1.54) is 0 Å². The second-order valence-corrected chi connectivity index (χ2v) is 3.99. The predicted molar refractivity (Wildman–Crippen MR) is 67.1 cm³/mol. The van der Waals surface area contributed by atoms with Crippen molar-refractivity contribution in [1.82, 2.24) is 9.97 Å². The molecule has 4 nitrogen and oxygen atoms in total. The van der Waals surface area contributed by atoms with E-state index in [2.05, 4.69) is 32.0 Å². The van der Waals surface area contributed by atoms with Gasteiger partial charge in [-0.3, -0.25) is 4.98 Å². The summed E-state index contributed by atoms with van der Waals surface area (Å²) in [5, 5.41) is 0. The van der Waals surface area contributed by atoms with Crippen LogP contribution in [0.3, 0.4) is 0 Å². The summed E-state index contributed by atoms with van der Waals surface area (Å²) in [5.74, 6) is 1.17. The van der Waals surface area contributed by atoms with Crippen molar-refractivity contribution < 1.29 is 28.3 Å². The SMILES string of the molecule is COc1cc(Br)nc(-c2cc[c-]cn2)c1OC.[Li+]. The molecule has 0 bridgehead atoms. The summed E-state index contributed by atoms with van der Waals surface area (Å²) in [6.45, 7) is 0. The van der Waals surface area contributed by atoms with Crippen molar-refractivity contribution in [2.75, 3.05) is 14.2 Å². The van der Waals surface area contributed by atoms with Gasteiger partial charge in [-0.1, -0.05) is 6.20 Å². The minimum atomic E-state index is 0. The molecule has 6 heteroatoms. The van der Waals surface area contributed by atoms with E-state index in [-0.39, 0.29) is 18.9 Å². The number of hydrogen-bond donors (Lipinski definition) is 0. The van der Waals surface area contributed by atoms with E-state index < -0.39 is 0 Å². The molecule has 0 aromatic carbocycles. The molecule has 2 aromatic rings. The van der Waals surface area contributed by atoms with Crippen LogP contribution >= 0.6 is 15.9 Å². The van der Waals surface area contributed by atoms with Gasteiger partial charge in [0.1, 0.15) is 10.3 Å². The van der Waals surface area contributed by atoms with Crippen molar-refractivity contribution in [2.45, 2.75) is 0 Å². The molecule has 0 saturated heterocycles. The number of ether oxygens (including phenoxy) is 2. The van der Waals surface area contributed by atoms with E-state index in [4.69, 9.17) is 9.47 Å². The average molecular weight is 301 g/mol. The first-order chi connectivity index (χ1) is 8.26. The zero-order chi connectivity index (χ0) is 12.3. The first-order valence-electron chi connectivity index (χ1n) is 4.87. The van der Waals surface area contributed by atoms with Crippen LogP contribution in [0.25, 0.3) is 11.4 Å². The van der Waals surface area contributed by atoms with Gasteiger partial charge < -0.3 is 9.47 Å². The Morgan fingerprint density at radius 1 is 1.28 bits per heavy atom. The van der Waals surface area contributed by atoms with Gasteiger partial charge in [-0.25, -0.2) is 17.1 Å². The number of methoxy groups -OCH3 is 2. The first-order valence-corrected chi connectivity index (χ1v) is 5.66. The number of halogens is 1. The Kier molecular flexibility index (Phi) is 5.67. The van der Waals surface area contributed by atoms with E-state index in [0.717, 1.165) is 0 Å². The van der Waals surface area contributed by atoms with Crippen molar-refractivity contribution in [3.8, 4) is 22.9 Å². The molecule has 0 amide bonds. The zero-order valence-electron chi connectivity index (χ0n) is 10.4. The zero-order valence-corrected chi connectivity index (χ0v) is 12.0. The van der Waals surface area contributed by atoms with Crippen molar-refractivity contribution >= 4 is 15.9 Å². The summed E-state index contributed by atoms with van der Waals surface area (Å²) in [4.78, 5) is 8.56. The summed E-state index contributed by atoms with van der Waals surface area (Å²) >= 11 is 3.33. The average Bonchev–Trinajstić information content (AvgIpc) is 2.38. The van der Waals surface area contributed by atoms with Crippen LogP contribution in [-0.4, -0.2) is 24.2 Å². The molecule has 0 unspecified atom stereocenters. The Balaban J connectivity index is 0.00000162. The molecule has 2 heterocycles. The molecular weight excluding hydrogens is 291 g/mol. The van der Waals surface area contributed by atoms with Gasteiger partial charge in [0, 0.05) is 11.8 Å². The van der Waals surface area contributed by atoms with Gasteiger partial charge in [0.25, 0.3) is 0 Å². The van der Waals surface area contributed by atoms with E-state index in [0.29, 0.717) is 27.5 Å². The van der Waals surface area contributed by atoms with Crippen molar-refractivity contribution in [2.24, 2.45) is 0 Å². The Hall–Kier alpha value is -1.02. The summed E-state index contributed by atoms with van der Waals surface area (Å²) in [5.41, 5.74) is 1.34. The van der Waals surface area contributed by atoms with Crippen molar-refractivity contribution in [3.05, 3.63) is 35.1 Å². The van der Waals surface area contributed by atoms with E-state index in [1.807, 2.05) is 6.07 Å². The van der Waals surface area contributed by atoms with Gasteiger partial charge in [-0.2, -0.15) is 6.07 Å². The molecule has 0 spiro atoms. The van der Waals surface area contributed by atoms with Crippen LogP contribution in [0.2, 0.25) is 0 Å². The van der Waals surface area contributed by atoms with Crippen molar-refractivity contribution in [3.63, 3.8) is 0 Å². The summed E-state index contributed by atoms with van der Waals surface area (Å²) in [6.07, 6.45) is 1.59. The number of aromatic nitrogens is 2. The molecule has 0 N–H and O–H groups in total. The maximum Gasteiger partial charge on any atom is 1.00 e. The quantitative estimate of drug-likeness (QED) is 0.445. The Labute approximate surface area is 126 Å². The molecule has 2 aromatic heterocycles. The minimum absolute atomic E-state index is 0. The summed E-state index contributed by atoms with van der Waals surface area (Å²) in [7, 11) is 3.16. The summed E-state index contributed by atoms with van der Waals surface area (Å²) < 4.78 is 11.2. The maximum absolute atomic E-state index is 5.32. The van der Waals surface area contributed by atoms with E-state index in [9.17, 15) is 0 Å². The van der Waals surface area contributed by atoms with Crippen LogP contribution in [0.5, 0.6) is 11.5 Å². The molecule has 0 fully saturated rings. The van der Waals surface area contributed by atoms with Crippen molar-refractivity contribution in [1.29, 1.82) is 0 Å². The second kappa shape index (κ2) is 6.79. The topological polar surface area (TPSA) is 44.2 Å². The fraction of sp³-hybridized carbons (Fsp3) is 0.167. The van der Waals surface area contributed by atoms with Gasteiger partial charge >= 0.3 is 18.9 Å². The third-order valence-electron chi connectivity index (χ3n) is 2.19. The molecule has 88 valence electrons. The first kappa shape index (κ1) is 15.0. The fourth-order valence-electron chi connectivity index (χ4n) is 1.46. The standard InChI is InChI=1S/C12H10BrN2O2.Li/c1-16-9-7-10(13)15-11(12(9)17-2)8-5-3-4-6-14-8;/h3,5-7H,1-2H3;/q-1;+1. The molecule has 0 saturated carbocycles. The van der Waals surface area contributed by atoms with Gasteiger partial charge in [0.2, 0.25) is 0 Å². The minimum Gasteiger partial charge on any atom is -0.493 e. The number of hydrogen-bond acceptors (Lipinski definition) is 4. The number of nitrogens with zero attached hydrogens (tertiary/aromatic N) is 2. The van der Waals surface area contributed by atoms with Crippen LogP contribution in [-0.2, 0) is 0 Å². The number of rotatable bonds is 3. The normalized spacial score (nSPS) is 9.50. The Bertz CT molecular complexity index is 523. The molecule has 0 radical (unpaired) electrons. The van der Waals surface area contributed by atoms with Gasteiger partial charge in [-0.05, 0) is 15.9 Å². The fourth-order valence-corrected chi connectivity index (χ4v) is 1.85. The van der Waals surface area contributed by atoms with Gasteiger partial charge in [0.05, 0.1) is 14.2 Å². The third kappa shape index (κ3) is 3.05. The van der Waals surface area contributed by atoms with Gasteiger partial charge in [-0.15, -0.1) is 0 Å². The molecule has 0 aliphatic carbocycles. The Morgan fingerprint density at radius 3 is 2.61 bits per heavy atom.